The zero-order valence-corrected chi connectivity index (χ0v) is 16.5. The van der Waals surface area contributed by atoms with Crippen molar-refractivity contribution >= 4 is 46.6 Å². The van der Waals surface area contributed by atoms with E-state index in [0.29, 0.717) is 17.3 Å². The van der Waals surface area contributed by atoms with Crippen LogP contribution in [0.15, 0.2) is 54.6 Å². The largest absolute Gasteiger partial charge is 0.331 e. The van der Waals surface area contributed by atoms with E-state index in [-0.39, 0.29) is 35.1 Å². The number of hydrogen-bond acceptors (Lipinski definition) is 6. The summed E-state index contributed by atoms with van der Waals surface area (Å²) in [5.74, 6) is -0.185. The first-order chi connectivity index (χ1) is 13.6. The summed E-state index contributed by atoms with van der Waals surface area (Å²) in [6.07, 6.45) is -0.176. The van der Waals surface area contributed by atoms with Gasteiger partial charge in [-0.3, -0.25) is 19.9 Å². The third-order valence-electron chi connectivity index (χ3n) is 4.60. The highest BCUT2D eigenvalue weighted by molar-refractivity contribution is 8.00. The highest BCUT2D eigenvalue weighted by atomic mass is 35.5. The summed E-state index contributed by atoms with van der Waals surface area (Å²) in [6, 6.07) is 16.8. The number of nitrogens with one attached hydrogen (secondary N) is 4. The molecule has 0 aliphatic carbocycles. The van der Waals surface area contributed by atoms with Crippen molar-refractivity contribution in [3.05, 3.63) is 59.6 Å². The molecule has 28 heavy (non-hydrogen) atoms. The molecule has 4 rings (SSSR count). The van der Waals surface area contributed by atoms with Gasteiger partial charge in [0, 0.05) is 17.3 Å². The van der Waals surface area contributed by atoms with Crippen molar-refractivity contribution in [1.29, 1.82) is 0 Å². The van der Waals surface area contributed by atoms with E-state index in [1.165, 1.54) is 11.8 Å². The van der Waals surface area contributed by atoms with E-state index in [9.17, 15) is 9.59 Å². The molecule has 2 aromatic carbocycles. The Morgan fingerprint density at radius 3 is 2.82 bits per heavy atom. The zero-order valence-electron chi connectivity index (χ0n) is 14.9. The van der Waals surface area contributed by atoms with Gasteiger partial charge in [0.15, 0.2) is 0 Å². The van der Waals surface area contributed by atoms with Crippen molar-refractivity contribution in [1.82, 2.24) is 16.1 Å². The highest BCUT2D eigenvalue weighted by Gasteiger charge is 2.44. The molecule has 2 aromatic rings. The maximum Gasteiger partial charge on any atom is 0.234 e. The Bertz CT molecular complexity index is 868. The molecule has 0 spiro atoms. The van der Waals surface area contributed by atoms with Gasteiger partial charge in [0.1, 0.15) is 11.7 Å². The smallest absolute Gasteiger partial charge is 0.234 e. The molecular weight excluding hydrogens is 398 g/mol. The lowest BCUT2D eigenvalue weighted by molar-refractivity contribution is -0.127. The second-order valence-corrected chi connectivity index (χ2v) is 8.07. The van der Waals surface area contributed by atoms with Gasteiger partial charge < -0.3 is 10.6 Å². The molecule has 2 saturated heterocycles. The number of amides is 2. The summed E-state index contributed by atoms with van der Waals surface area (Å²) in [6.45, 7) is 0.561. The lowest BCUT2D eigenvalue weighted by Crippen LogP contribution is -2.63. The Hall–Kier alpha value is -2.26. The minimum atomic E-state index is -0.357. The Balaban J connectivity index is 1.35. The number of carbonyl (C=O) groups excluding carboxylic acids is 2. The van der Waals surface area contributed by atoms with E-state index in [4.69, 9.17) is 11.6 Å². The zero-order chi connectivity index (χ0) is 19.5. The predicted molar refractivity (Wildman–Crippen MR) is 112 cm³/mol. The number of rotatable bonds is 5. The monoisotopic (exact) mass is 417 g/mol. The van der Waals surface area contributed by atoms with Crippen LogP contribution in [0.3, 0.4) is 0 Å². The molecule has 9 heteroatoms. The van der Waals surface area contributed by atoms with Crippen LogP contribution >= 0.6 is 23.4 Å². The molecule has 0 bridgehead atoms. The van der Waals surface area contributed by atoms with E-state index >= 15 is 0 Å². The van der Waals surface area contributed by atoms with Gasteiger partial charge in [-0.2, -0.15) is 0 Å². The molecule has 2 fully saturated rings. The van der Waals surface area contributed by atoms with Crippen molar-refractivity contribution in [2.24, 2.45) is 5.92 Å². The Kier molecular flexibility index (Phi) is 5.72. The van der Waals surface area contributed by atoms with Gasteiger partial charge >= 0.3 is 0 Å². The van der Waals surface area contributed by atoms with Crippen LogP contribution in [-0.4, -0.2) is 35.8 Å². The summed E-state index contributed by atoms with van der Waals surface area (Å²) in [7, 11) is 0. The summed E-state index contributed by atoms with van der Waals surface area (Å²) >= 11 is 7.27. The fraction of sp³-hybridized carbons (Fsp3) is 0.263. The van der Waals surface area contributed by atoms with Crippen molar-refractivity contribution in [3.8, 4) is 0 Å². The van der Waals surface area contributed by atoms with E-state index in [1.807, 2.05) is 35.3 Å². The second-order valence-electron chi connectivity index (χ2n) is 6.54. The molecule has 2 heterocycles. The molecule has 3 atom stereocenters. The number of anilines is 2. The minimum absolute atomic E-state index is 0.0255. The summed E-state index contributed by atoms with van der Waals surface area (Å²) in [5, 5.41) is 11.7. The predicted octanol–water partition coefficient (Wildman–Crippen LogP) is 1.98. The molecule has 7 nitrogen and oxygen atoms in total. The van der Waals surface area contributed by atoms with Gasteiger partial charge in [0.05, 0.1) is 17.4 Å². The number of thioether (sulfide) groups is 1. The molecule has 2 aliphatic rings. The van der Waals surface area contributed by atoms with Gasteiger partial charge in [0.25, 0.3) is 0 Å². The van der Waals surface area contributed by atoms with Crippen molar-refractivity contribution in [2.75, 3.05) is 22.6 Å². The molecule has 0 aromatic heterocycles. The molecule has 0 radical (unpaired) electrons. The molecule has 4 N–H and O–H groups in total. The fourth-order valence-corrected chi connectivity index (χ4v) is 4.31. The average Bonchev–Trinajstić information content (AvgIpc) is 3.12. The number of hydrazine groups is 1. The first kappa shape index (κ1) is 19.1. The van der Waals surface area contributed by atoms with Gasteiger partial charge in [0.2, 0.25) is 11.8 Å². The van der Waals surface area contributed by atoms with Crippen LogP contribution in [0, 0.1) is 5.92 Å². The van der Waals surface area contributed by atoms with Crippen LogP contribution in [0.5, 0.6) is 0 Å². The number of benzene rings is 2. The normalized spacial score (nSPS) is 23.8. The number of halogens is 1. The SMILES string of the molecule is O=C(CSC1NC(=O)C2CNN(c3ccccc3)C2N1)Nc1cccc(Cl)c1. The topological polar surface area (TPSA) is 85.5 Å². The molecular formula is C19H20ClN5O2S. The van der Waals surface area contributed by atoms with E-state index in [1.54, 1.807) is 24.3 Å². The van der Waals surface area contributed by atoms with E-state index in [0.717, 1.165) is 5.69 Å². The third-order valence-corrected chi connectivity index (χ3v) is 5.85. The number of carbonyl (C=O) groups is 2. The fourth-order valence-electron chi connectivity index (χ4n) is 3.30. The van der Waals surface area contributed by atoms with Crippen molar-refractivity contribution < 1.29 is 9.59 Å². The highest BCUT2D eigenvalue weighted by Crippen LogP contribution is 2.26. The van der Waals surface area contributed by atoms with Gasteiger partial charge in [-0.25, -0.2) is 5.43 Å². The van der Waals surface area contributed by atoms with Gasteiger partial charge in [-0.15, -0.1) is 11.8 Å². The number of nitrogens with zero attached hydrogens (tertiary/aromatic N) is 1. The van der Waals surface area contributed by atoms with E-state index in [2.05, 4.69) is 21.4 Å². The molecule has 0 saturated carbocycles. The maximum absolute atomic E-state index is 12.5. The summed E-state index contributed by atoms with van der Waals surface area (Å²) < 4.78 is 0. The van der Waals surface area contributed by atoms with Crippen LogP contribution in [0.2, 0.25) is 5.02 Å². The number of hydrogen-bond donors (Lipinski definition) is 4. The van der Waals surface area contributed by atoms with Gasteiger partial charge in [-0.1, -0.05) is 35.9 Å². The minimum Gasteiger partial charge on any atom is -0.331 e. The standard InChI is InChI=1S/C19H20ClN5O2S/c20-12-5-4-6-13(9-12)22-16(26)11-28-19-23-17-15(18(27)24-19)10-21-25(17)14-7-2-1-3-8-14/h1-9,15,17,19,21,23H,10-11H2,(H,22,26)(H,24,27). The van der Waals surface area contributed by atoms with Crippen LogP contribution in [0.4, 0.5) is 11.4 Å². The number of para-hydroxylation sites is 1. The quantitative estimate of drug-likeness (QED) is 0.595. The molecule has 3 unspecified atom stereocenters. The lowest BCUT2D eigenvalue weighted by atomic mass is 10.1. The van der Waals surface area contributed by atoms with Crippen LogP contribution < -0.4 is 26.4 Å². The molecule has 2 amide bonds. The first-order valence-corrected chi connectivity index (χ1v) is 10.3. The summed E-state index contributed by atoms with van der Waals surface area (Å²) in [5.41, 5.74) is 4.55. The second kappa shape index (κ2) is 8.40. The Labute approximate surface area is 172 Å². The van der Waals surface area contributed by atoms with E-state index < -0.39 is 0 Å². The first-order valence-electron chi connectivity index (χ1n) is 8.91. The number of fused-ring (bicyclic) bond motifs is 1. The maximum atomic E-state index is 12.5. The van der Waals surface area contributed by atoms with Crippen LogP contribution in [-0.2, 0) is 9.59 Å². The third kappa shape index (κ3) is 4.25. The Morgan fingerprint density at radius 1 is 1.21 bits per heavy atom. The Morgan fingerprint density at radius 2 is 2.04 bits per heavy atom. The average molecular weight is 418 g/mol. The van der Waals surface area contributed by atoms with Gasteiger partial charge in [-0.05, 0) is 30.3 Å². The molecule has 2 aliphatic heterocycles. The van der Waals surface area contributed by atoms with Crippen LogP contribution in [0.25, 0.3) is 0 Å². The van der Waals surface area contributed by atoms with Crippen molar-refractivity contribution in [3.63, 3.8) is 0 Å². The molecule has 146 valence electrons. The van der Waals surface area contributed by atoms with Crippen molar-refractivity contribution in [2.45, 2.75) is 11.7 Å². The van der Waals surface area contributed by atoms with Crippen LogP contribution in [0.1, 0.15) is 0 Å². The summed E-state index contributed by atoms with van der Waals surface area (Å²) in [4.78, 5) is 24.7. The lowest BCUT2D eigenvalue weighted by Gasteiger charge is -2.37.